The molecular weight excluding hydrogens is 409 g/mol. The van der Waals surface area contributed by atoms with Gasteiger partial charge in [0.15, 0.2) is 5.75 Å². The molecular formula is C23H24FN7O. The highest BCUT2D eigenvalue weighted by Crippen LogP contribution is 2.54. The lowest BCUT2D eigenvalue weighted by molar-refractivity contribution is 0.435. The SMILES string of the molecule is CNc1cc(F)cc2c1Cc1nc(Oc3cnc(C)nc3)nc(N3CC(N)C4(CC4)C3)c1-2. The first-order valence-corrected chi connectivity index (χ1v) is 10.8. The number of fused-ring (bicyclic) bond motifs is 3. The fraction of sp³-hybridized carbons (Fsp3) is 0.391. The zero-order valence-electron chi connectivity index (χ0n) is 18.0. The van der Waals surface area contributed by atoms with Crippen molar-refractivity contribution >= 4 is 11.5 Å². The van der Waals surface area contributed by atoms with Crippen LogP contribution in [-0.2, 0) is 6.42 Å². The van der Waals surface area contributed by atoms with E-state index in [1.807, 2.05) is 6.92 Å². The fourth-order valence-electron chi connectivity index (χ4n) is 4.97. The third-order valence-electron chi connectivity index (χ3n) is 6.91. The van der Waals surface area contributed by atoms with E-state index in [0.29, 0.717) is 24.5 Å². The maximum Gasteiger partial charge on any atom is 0.324 e. The molecule has 3 aromatic rings. The van der Waals surface area contributed by atoms with E-state index in [9.17, 15) is 4.39 Å². The van der Waals surface area contributed by atoms with Crippen molar-refractivity contribution in [2.75, 3.05) is 30.4 Å². The molecule has 6 rings (SSSR count). The van der Waals surface area contributed by atoms with Crippen LogP contribution in [0.5, 0.6) is 11.8 Å². The number of anilines is 2. The average molecular weight is 433 g/mol. The number of benzene rings is 1. The molecule has 164 valence electrons. The second-order valence-electron chi connectivity index (χ2n) is 8.98. The second-order valence-corrected chi connectivity index (χ2v) is 8.98. The standard InChI is InChI=1S/C23H24FN7O/c1-12-27-8-14(9-28-12)32-22-29-18-7-15-16(5-13(24)6-17(15)26-2)20(18)21(30-22)31-10-19(25)23(11-31)3-4-23/h5-6,8-9,19,26H,3-4,7,10-11,25H2,1-2H3. The lowest BCUT2D eigenvalue weighted by Crippen LogP contribution is -2.30. The number of hydrogen-bond acceptors (Lipinski definition) is 8. The van der Waals surface area contributed by atoms with E-state index in [1.54, 1.807) is 25.5 Å². The second kappa shape index (κ2) is 6.83. The number of nitrogens with one attached hydrogen (secondary N) is 1. The van der Waals surface area contributed by atoms with Gasteiger partial charge in [-0.2, -0.15) is 9.97 Å². The van der Waals surface area contributed by atoms with E-state index in [-0.39, 0.29) is 23.3 Å². The van der Waals surface area contributed by atoms with E-state index in [0.717, 1.165) is 53.3 Å². The number of aryl methyl sites for hydroxylation is 1. The normalized spacial score (nSPS) is 19.8. The lowest BCUT2D eigenvalue weighted by atomic mass is 10.0. The molecule has 1 aliphatic heterocycles. The molecule has 1 spiro atoms. The van der Waals surface area contributed by atoms with Gasteiger partial charge in [0.2, 0.25) is 0 Å². The van der Waals surface area contributed by atoms with E-state index in [4.69, 9.17) is 20.4 Å². The number of nitrogens with two attached hydrogens (primary N) is 1. The van der Waals surface area contributed by atoms with Gasteiger partial charge in [0.25, 0.3) is 0 Å². The van der Waals surface area contributed by atoms with Crippen molar-refractivity contribution in [3.05, 3.63) is 47.4 Å². The predicted molar refractivity (Wildman–Crippen MR) is 118 cm³/mol. The zero-order valence-corrected chi connectivity index (χ0v) is 18.0. The van der Waals surface area contributed by atoms with E-state index >= 15 is 0 Å². The molecule has 3 heterocycles. The Morgan fingerprint density at radius 2 is 2.00 bits per heavy atom. The van der Waals surface area contributed by atoms with Crippen LogP contribution in [0.2, 0.25) is 0 Å². The summed E-state index contributed by atoms with van der Waals surface area (Å²) < 4.78 is 20.4. The summed E-state index contributed by atoms with van der Waals surface area (Å²) in [6, 6.07) is 3.43. The molecule has 0 bridgehead atoms. The first kappa shape index (κ1) is 19.4. The smallest absolute Gasteiger partial charge is 0.324 e. The monoisotopic (exact) mass is 433 g/mol. The number of halogens is 1. The summed E-state index contributed by atoms with van der Waals surface area (Å²) in [7, 11) is 1.80. The van der Waals surface area contributed by atoms with Gasteiger partial charge in [-0.3, -0.25) is 0 Å². The third-order valence-corrected chi connectivity index (χ3v) is 6.91. The minimum Gasteiger partial charge on any atom is -0.421 e. The van der Waals surface area contributed by atoms with Gasteiger partial charge >= 0.3 is 6.01 Å². The van der Waals surface area contributed by atoms with Crippen LogP contribution in [0.3, 0.4) is 0 Å². The molecule has 8 nitrogen and oxygen atoms in total. The minimum atomic E-state index is -0.291. The average Bonchev–Trinajstić information content (AvgIpc) is 3.36. The molecule has 9 heteroatoms. The fourth-order valence-corrected chi connectivity index (χ4v) is 4.97. The Morgan fingerprint density at radius 1 is 1.22 bits per heavy atom. The number of hydrogen-bond donors (Lipinski definition) is 2. The number of rotatable bonds is 4. The van der Waals surface area contributed by atoms with Crippen molar-refractivity contribution in [3.8, 4) is 22.9 Å². The zero-order chi connectivity index (χ0) is 22.0. The maximum atomic E-state index is 14.5. The van der Waals surface area contributed by atoms with Crippen molar-refractivity contribution < 1.29 is 9.13 Å². The third kappa shape index (κ3) is 2.99. The maximum absolute atomic E-state index is 14.5. The van der Waals surface area contributed by atoms with Gasteiger partial charge in [-0.05, 0) is 43.0 Å². The molecule has 0 amide bonds. The Labute approximate surface area is 185 Å². The van der Waals surface area contributed by atoms with Gasteiger partial charge in [0, 0.05) is 49.3 Å². The molecule has 2 fully saturated rings. The van der Waals surface area contributed by atoms with Gasteiger partial charge in [-0.25, -0.2) is 14.4 Å². The van der Waals surface area contributed by atoms with Crippen molar-refractivity contribution in [3.63, 3.8) is 0 Å². The van der Waals surface area contributed by atoms with E-state index < -0.39 is 0 Å². The number of ether oxygens (including phenoxy) is 1. The van der Waals surface area contributed by atoms with Gasteiger partial charge in [-0.1, -0.05) is 0 Å². The first-order valence-electron chi connectivity index (χ1n) is 10.8. The van der Waals surface area contributed by atoms with Crippen LogP contribution in [0.25, 0.3) is 11.1 Å². The summed E-state index contributed by atoms with van der Waals surface area (Å²) >= 11 is 0. The molecule has 1 aromatic carbocycles. The number of aromatic nitrogens is 4. The summed E-state index contributed by atoms with van der Waals surface area (Å²) in [6.07, 6.45) is 6.05. The molecule has 1 unspecified atom stereocenters. The number of nitrogens with zero attached hydrogens (tertiary/aromatic N) is 5. The van der Waals surface area contributed by atoms with Gasteiger partial charge < -0.3 is 20.7 Å². The van der Waals surface area contributed by atoms with Crippen molar-refractivity contribution in [1.29, 1.82) is 0 Å². The highest BCUT2D eigenvalue weighted by Gasteiger charge is 2.54. The Bertz CT molecular complexity index is 1230. The summed E-state index contributed by atoms with van der Waals surface area (Å²) in [5.41, 5.74) is 10.9. The Balaban J connectivity index is 1.47. The van der Waals surface area contributed by atoms with Crippen LogP contribution >= 0.6 is 0 Å². The quantitative estimate of drug-likeness (QED) is 0.506. The van der Waals surface area contributed by atoms with Crippen LogP contribution in [0.4, 0.5) is 15.9 Å². The molecule has 2 aliphatic carbocycles. The van der Waals surface area contributed by atoms with Crippen LogP contribution in [0.1, 0.15) is 29.9 Å². The van der Waals surface area contributed by atoms with Gasteiger partial charge in [0.05, 0.1) is 18.1 Å². The first-order chi connectivity index (χ1) is 15.5. The molecule has 1 saturated heterocycles. The van der Waals surface area contributed by atoms with Crippen LogP contribution < -0.4 is 20.7 Å². The Hall–Kier alpha value is -3.33. The van der Waals surface area contributed by atoms with Crippen LogP contribution in [0, 0.1) is 18.2 Å². The predicted octanol–water partition coefficient (Wildman–Crippen LogP) is 3.05. The van der Waals surface area contributed by atoms with Crippen molar-refractivity contribution in [1.82, 2.24) is 19.9 Å². The molecule has 32 heavy (non-hydrogen) atoms. The summed E-state index contributed by atoms with van der Waals surface area (Å²) in [6.45, 7) is 3.36. The highest BCUT2D eigenvalue weighted by molar-refractivity contribution is 5.88. The van der Waals surface area contributed by atoms with Crippen molar-refractivity contribution in [2.45, 2.75) is 32.2 Å². The molecule has 2 aromatic heterocycles. The van der Waals surface area contributed by atoms with Gasteiger partial charge in [0.1, 0.15) is 17.5 Å². The molecule has 1 saturated carbocycles. The summed E-state index contributed by atoms with van der Waals surface area (Å²) in [5.74, 6) is 1.59. The van der Waals surface area contributed by atoms with Crippen LogP contribution in [-0.4, -0.2) is 46.1 Å². The molecule has 1 atom stereocenters. The van der Waals surface area contributed by atoms with E-state index in [1.165, 1.54) is 6.07 Å². The van der Waals surface area contributed by atoms with Crippen molar-refractivity contribution in [2.24, 2.45) is 11.1 Å². The summed E-state index contributed by atoms with van der Waals surface area (Å²) in [5, 5.41) is 3.11. The Kier molecular flexibility index (Phi) is 4.13. The minimum absolute atomic E-state index is 0.101. The lowest BCUT2D eigenvalue weighted by Gasteiger charge is -2.21. The molecule has 3 N–H and O–H groups in total. The molecule has 0 radical (unpaired) electrons. The highest BCUT2D eigenvalue weighted by atomic mass is 19.1. The van der Waals surface area contributed by atoms with Crippen LogP contribution in [0.15, 0.2) is 24.5 Å². The van der Waals surface area contributed by atoms with E-state index in [2.05, 4.69) is 20.2 Å². The summed E-state index contributed by atoms with van der Waals surface area (Å²) in [4.78, 5) is 20.1. The molecule has 3 aliphatic rings. The largest absolute Gasteiger partial charge is 0.421 e. The Morgan fingerprint density at radius 3 is 2.69 bits per heavy atom. The topological polar surface area (TPSA) is 102 Å². The van der Waals surface area contributed by atoms with Gasteiger partial charge in [-0.15, -0.1) is 0 Å².